The van der Waals surface area contributed by atoms with E-state index < -0.39 is 0 Å². The maximum absolute atomic E-state index is 13.7. The molecule has 0 aliphatic carbocycles. The van der Waals surface area contributed by atoms with Gasteiger partial charge in [0.1, 0.15) is 23.6 Å². The molecule has 9 nitrogen and oxygen atoms in total. The second-order valence-corrected chi connectivity index (χ2v) is 10.3. The molecule has 2 amide bonds. The SMILES string of the molecule is CCc1c(C(=O)c2cc(N3CCC(N4CCc5cc(O)ccc5NC4=O)CC3)ncn2)c2ccccc2n1C. The van der Waals surface area contributed by atoms with Gasteiger partial charge in [0.25, 0.3) is 0 Å². The third kappa shape index (κ3) is 4.47. The van der Waals surface area contributed by atoms with Crippen molar-refractivity contribution in [1.82, 2.24) is 19.4 Å². The summed E-state index contributed by atoms with van der Waals surface area (Å²) in [5.41, 5.74) is 4.83. The molecule has 200 valence electrons. The van der Waals surface area contributed by atoms with Gasteiger partial charge >= 0.3 is 6.03 Å². The number of fused-ring (bicyclic) bond motifs is 2. The summed E-state index contributed by atoms with van der Waals surface area (Å²) in [6.45, 7) is 4.11. The largest absolute Gasteiger partial charge is 0.508 e. The Bertz CT molecular complexity index is 1570. The first-order valence-electron chi connectivity index (χ1n) is 13.5. The minimum atomic E-state index is -0.102. The van der Waals surface area contributed by atoms with Crippen LogP contribution in [0.1, 0.15) is 47.1 Å². The van der Waals surface area contributed by atoms with Gasteiger partial charge in [-0.15, -0.1) is 0 Å². The Hall–Kier alpha value is -4.40. The van der Waals surface area contributed by atoms with Crippen molar-refractivity contribution in [3.05, 3.63) is 77.4 Å². The number of aromatic hydroxyl groups is 1. The van der Waals surface area contributed by atoms with Crippen molar-refractivity contribution in [2.45, 2.75) is 38.6 Å². The van der Waals surface area contributed by atoms with Gasteiger partial charge in [-0.3, -0.25) is 4.79 Å². The lowest BCUT2D eigenvalue weighted by Gasteiger charge is -2.38. The highest BCUT2D eigenvalue weighted by atomic mass is 16.3. The number of anilines is 2. The molecule has 9 heteroatoms. The van der Waals surface area contributed by atoms with Crippen LogP contribution < -0.4 is 10.2 Å². The topological polar surface area (TPSA) is 104 Å². The van der Waals surface area contributed by atoms with Crippen molar-refractivity contribution < 1.29 is 14.7 Å². The summed E-state index contributed by atoms with van der Waals surface area (Å²) >= 11 is 0. The minimum Gasteiger partial charge on any atom is -0.508 e. The van der Waals surface area contributed by atoms with E-state index in [9.17, 15) is 14.7 Å². The average molecular weight is 525 g/mol. The summed E-state index contributed by atoms with van der Waals surface area (Å²) in [5.74, 6) is 0.848. The molecule has 4 aromatic rings. The number of hydrogen-bond acceptors (Lipinski definition) is 6. The maximum Gasteiger partial charge on any atom is 0.322 e. The Balaban J connectivity index is 1.17. The highest BCUT2D eigenvalue weighted by molar-refractivity contribution is 6.17. The third-order valence-corrected chi connectivity index (χ3v) is 8.12. The number of aryl methyl sites for hydroxylation is 1. The Labute approximate surface area is 227 Å². The van der Waals surface area contributed by atoms with Crippen molar-refractivity contribution in [3.8, 4) is 5.75 Å². The van der Waals surface area contributed by atoms with Gasteiger partial charge in [0.15, 0.2) is 0 Å². The fraction of sp³-hybridized carbons (Fsp3) is 0.333. The van der Waals surface area contributed by atoms with Crippen LogP contribution in [-0.4, -0.2) is 62.0 Å². The van der Waals surface area contributed by atoms with Crippen molar-refractivity contribution in [2.24, 2.45) is 7.05 Å². The molecule has 0 spiro atoms. The molecule has 4 heterocycles. The first-order chi connectivity index (χ1) is 18.9. The van der Waals surface area contributed by atoms with E-state index in [1.807, 2.05) is 36.2 Å². The number of nitrogens with one attached hydrogen (secondary N) is 1. The zero-order valence-electron chi connectivity index (χ0n) is 22.2. The number of aromatic nitrogens is 3. The number of benzene rings is 2. The first kappa shape index (κ1) is 24.9. The number of urea groups is 1. The van der Waals surface area contributed by atoms with Crippen molar-refractivity contribution in [1.29, 1.82) is 0 Å². The minimum absolute atomic E-state index is 0.0889. The fourth-order valence-electron chi connectivity index (χ4n) is 6.08. The zero-order valence-corrected chi connectivity index (χ0v) is 22.2. The van der Waals surface area contributed by atoms with Gasteiger partial charge in [0.05, 0.1) is 5.56 Å². The number of rotatable bonds is 5. The number of carbonyl (C=O) groups excluding carboxylic acids is 2. The summed E-state index contributed by atoms with van der Waals surface area (Å²) < 4.78 is 2.09. The molecule has 39 heavy (non-hydrogen) atoms. The summed E-state index contributed by atoms with van der Waals surface area (Å²) in [4.78, 5) is 39.7. The van der Waals surface area contributed by atoms with Gasteiger partial charge in [-0.1, -0.05) is 25.1 Å². The summed E-state index contributed by atoms with van der Waals surface area (Å²) in [5, 5.41) is 13.8. The monoisotopic (exact) mass is 524 g/mol. The molecule has 2 aromatic heterocycles. The molecule has 0 saturated carbocycles. The van der Waals surface area contributed by atoms with Gasteiger partial charge in [-0.25, -0.2) is 14.8 Å². The quantitative estimate of drug-likeness (QED) is 0.294. The van der Waals surface area contributed by atoms with Crippen molar-refractivity contribution in [2.75, 3.05) is 29.9 Å². The van der Waals surface area contributed by atoms with E-state index >= 15 is 0 Å². The third-order valence-electron chi connectivity index (χ3n) is 8.12. The molecule has 0 radical (unpaired) electrons. The Morgan fingerprint density at radius 1 is 1.08 bits per heavy atom. The molecule has 0 unspecified atom stereocenters. The van der Waals surface area contributed by atoms with Gasteiger partial charge in [-0.2, -0.15) is 0 Å². The second kappa shape index (κ2) is 10.1. The van der Waals surface area contributed by atoms with Crippen LogP contribution in [0, 0.1) is 0 Å². The Morgan fingerprint density at radius 3 is 2.67 bits per heavy atom. The fourth-order valence-corrected chi connectivity index (χ4v) is 6.08. The number of carbonyl (C=O) groups is 2. The van der Waals surface area contributed by atoms with E-state index in [1.165, 1.54) is 6.33 Å². The zero-order chi connectivity index (χ0) is 27.1. The lowest BCUT2D eigenvalue weighted by Crippen LogP contribution is -2.49. The lowest BCUT2D eigenvalue weighted by molar-refractivity contribution is 0.103. The van der Waals surface area contributed by atoms with Crippen molar-refractivity contribution >= 4 is 34.2 Å². The molecule has 0 bridgehead atoms. The van der Waals surface area contributed by atoms with Crippen molar-refractivity contribution in [3.63, 3.8) is 0 Å². The van der Waals surface area contributed by atoms with Crippen LogP contribution in [0.3, 0.4) is 0 Å². The average Bonchev–Trinajstić information content (AvgIpc) is 3.14. The molecule has 1 saturated heterocycles. The predicted octanol–water partition coefficient (Wildman–Crippen LogP) is 4.53. The molecule has 2 aromatic carbocycles. The second-order valence-electron chi connectivity index (χ2n) is 10.3. The van der Waals surface area contributed by atoms with Crippen LogP contribution in [0.2, 0.25) is 0 Å². The summed E-state index contributed by atoms with van der Waals surface area (Å²) in [7, 11) is 2.00. The van der Waals surface area contributed by atoms with E-state index in [4.69, 9.17) is 0 Å². The maximum atomic E-state index is 13.7. The van der Waals surface area contributed by atoms with E-state index in [0.717, 1.165) is 66.0 Å². The van der Waals surface area contributed by atoms with Crippen LogP contribution in [-0.2, 0) is 19.9 Å². The van der Waals surface area contributed by atoms with E-state index in [-0.39, 0.29) is 23.6 Å². The molecule has 2 aliphatic heterocycles. The molecular formula is C30H32N6O3. The number of nitrogens with zero attached hydrogens (tertiary/aromatic N) is 5. The van der Waals surface area contributed by atoms with Gasteiger partial charge < -0.3 is 24.8 Å². The lowest BCUT2D eigenvalue weighted by atomic mass is 10.0. The number of piperidine rings is 1. The molecular weight excluding hydrogens is 492 g/mol. The van der Waals surface area contributed by atoms with E-state index in [2.05, 4.69) is 31.7 Å². The molecule has 2 N–H and O–H groups in total. The van der Waals surface area contributed by atoms with E-state index in [1.54, 1.807) is 24.3 Å². The number of hydrogen-bond donors (Lipinski definition) is 2. The van der Waals surface area contributed by atoms with E-state index in [0.29, 0.717) is 24.2 Å². The molecule has 6 rings (SSSR count). The molecule has 0 atom stereocenters. The summed E-state index contributed by atoms with van der Waals surface area (Å²) in [6.07, 6.45) is 4.50. The first-order valence-corrected chi connectivity index (χ1v) is 13.5. The number of para-hydroxylation sites is 1. The number of phenolic OH excluding ortho intramolecular Hbond substituents is 1. The highest BCUT2D eigenvalue weighted by Gasteiger charge is 2.31. The Kier molecular flexibility index (Phi) is 6.42. The van der Waals surface area contributed by atoms with Gasteiger partial charge in [0, 0.05) is 61.1 Å². The summed E-state index contributed by atoms with van der Waals surface area (Å²) in [6, 6.07) is 14.8. The standard InChI is InChI=1S/C30H32N6O3/c1-3-25-28(22-6-4-5-7-26(22)34(25)2)29(38)24-17-27(32-18-31-24)35-13-11-20(12-14-35)36-15-10-19-16-21(37)8-9-23(19)33-30(36)39/h4-9,16-18,20,37H,3,10-15H2,1-2H3,(H,33,39). The van der Waals surface area contributed by atoms with Crippen LogP contribution in [0.4, 0.5) is 16.3 Å². The predicted molar refractivity (Wildman–Crippen MR) is 151 cm³/mol. The number of amides is 2. The van der Waals surface area contributed by atoms with Gasteiger partial charge in [-0.05, 0) is 55.5 Å². The number of ketones is 1. The van der Waals surface area contributed by atoms with Crippen LogP contribution in [0.25, 0.3) is 10.9 Å². The Morgan fingerprint density at radius 2 is 1.87 bits per heavy atom. The highest BCUT2D eigenvalue weighted by Crippen LogP contribution is 2.30. The van der Waals surface area contributed by atoms with Gasteiger partial charge in [0.2, 0.25) is 5.78 Å². The smallest absolute Gasteiger partial charge is 0.322 e. The normalized spacial score (nSPS) is 16.2. The van der Waals surface area contributed by atoms with Crippen LogP contribution >= 0.6 is 0 Å². The van der Waals surface area contributed by atoms with Crippen LogP contribution in [0.15, 0.2) is 54.9 Å². The molecule has 2 aliphatic rings. The molecule has 1 fully saturated rings. The van der Waals surface area contributed by atoms with Crippen LogP contribution in [0.5, 0.6) is 5.75 Å². The number of phenols is 1.